The average Bonchev–Trinajstić information content (AvgIpc) is 2.87. The van der Waals surface area contributed by atoms with E-state index in [1.165, 1.54) is 11.8 Å². The van der Waals surface area contributed by atoms with Crippen LogP contribution < -0.4 is 5.73 Å². The molecule has 120 valence electrons. The van der Waals surface area contributed by atoms with E-state index >= 15 is 0 Å². The van der Waals surface area contributed by atoms with Gasteiger partial charge in [-0.05, 0) is 26.7 Å². The molecule has 0 fully saturated rings. The van der Waals surface area contributed by atoms with Gasteiger partial charge in [0.15, 0.2) is 5.16 Å². The van der Waals surface area contributed by atoms with Gasteiger partial charge in [-0.2, -0.15) is 0 Å². The molecule has 2 N–H and O–H groups in total. The van der Waals surface area contributed by atoms with Crippen molar-refractivity contribution < 1.29 is 4.79 Å². The van der Waals surface area contributed by atoms with Crippen molar-refractivity contribution in [3.8, 4) is 0 Å². The number of carbonyl (C=O) groups excluding carboxylic acids is 1. The van der Waals surface area contributed by atoms with E-state index in [-0.39, 0.29) is 11.9 Å². The summed E-state index contributed by atoms with van der Waals surface area (Å²) in [5.41, 5.74) is 5.68. The van der Waals surface area contributed by atoms with Gasteiger partial charge in [0.2, 0.25) is 5.91 Å². The fourth-order valence-electron chi connectivity index (χ4n) is 2.18. The van der Waals surface area contributed by atoms with Crippen LogP contribution in [0.1, 0.15) is 52.4 Å². The van der Waals surface area contributed by atoms with Gasteiger partial charge in [-0.1, -0.05) is 25.6 Å². The molecule has 0 aliphatic heterocycles. The second-order valence-corrected chi connectivity index (χ2v) is 6.18. The van der Waals surface area contributed by atoms with Crippen LogP contribution in [0.15, 0.2) is 5.16 Å². The summed E-state index contributed by atoms with van der Waals surface area (Å²) in [6, 6.07) is 0.235. The third-order valence-corrected chi connectivity index (χ3v) is 4.03. The standard InChI is InChI=1S/C14H27N5OS/c1-5-7-18(8-6-2)13(20)10-21-14-17-16-12(9-15)19(14)11(3)4/h11H,5-10,15H2,1-4H3. The van der Waals surface area contributed by atoms with Crippen LogP contribution in [-0.2, 0) is 11.3 Å². The second kappa shape index (κ2) is 9.04. The van der Waals surface area contributed by atoms with Crippen LogP contribution >= 0.6 is 11.8 Å². The van der Waals surface area contributed by atoms with Gasteiger partial charge in [0.05, 0.1) is 12.3 Å². The third kappa shape index (κ3) is 5.00. The number of carbonyl (C=O) groups is 1. The highest BCUT2D eigenvalue weighted by molar-refractivity contribution is 7.99. The second-order valence-electron chi connectivity index (χ2n) is 5.24. The Balaban J connectivity index is 2.70. The monoisotopic (exact) mass is 313 g/mol. The summed E-state index contributed by atoms with van der Waals surface area (Å²) in [4.78, 5) is 14.2. The molecule has 1 aromatic rings. The van der Waals surface area contributed by atoms with E-state index in [1.54, 1.807) is 0 Å². The van der Waals surface area contributed by atoms with Crippen LogP contribution in [0.5, 0.6) is 0 Å². The number of thioether (sulfide) groups is 1. The Hall–Kier alpha value is -1.08. The highest BCUT2D eigenvalue weighted by Crippen LogP contribution is 2.21. The fraction of sp³-hybridized carbons (Fsp3) is 0.786. The van der Waals surface area contributed by atoms with E-state index < -0.39 is 0 Å². The topological polar surface area (TPSA) is 77.0 Å². The molecule has 1 amide bonds. The van der Waals surface area contributed by atoms with Crippen LogP contribution in [0.4, 0.5) is 0 Å². The maximum Gasteiger partial charge on any atom is 0.233 e. The van der Waals surface area contributed by atoms with Crippen molar-refractivity contribution in [2.24, 2.45) is 5.73 Å². The molecular weight excluding hydrogens is 286 g/mol. The average molecular weight is 313 g/mol. The third-order valence-electron chi connectivity index (χ3n) is 3.10. The van der Waals surface area contributed by atoms with E-state index in [0.717, 1.165) is 36.9 Å². The zero-order valence-electron chi connectivity index (χ0n) is 13.5. The molecule has 0 aromatic carbocycles. The van der Waals surface area contributed by atoms with Gasteiger partial charge in [0, 0.05) is 19.1 Å². The summed E-state index contributed by atoms with van der Waals surface area (Å²) in [7, 11) is 0. The number of rotatable bonds is 9. The first-order chi connectivity index (χ1) is 10.0. The molecular formula is C14H27N5OS. The van der Waals surface area contributed by atoms with Crippen LogP contribution in [0.3, 0.4) is 0 Å². The Bertz CT molecular complexity index is 441. The van der Waals surface area contributed by atoms with Crippen LogP contribution in [0, 0.1) is 0 Å². The van der Waals surface area contributed by atoms with Crippen LogP contribution in [0.2, 0.25) is 0 Å². The minimum atomic E-state index is 0.163. The number of hydrogen-bond acceptors (Lipinski definition) is 5. The maximum atomic E-state index is 12.3. The Morgan fingerprint density at radius 1 is 1.29 bits per heavy atom. The quantitative estimate of drug-likeness (QED) is 0.706. The number of nitrogens with zero attached hydrogens (tertiary/aromatic N) is 4. The summed E-state index contributed by atoms with van der Waals surface area (Å²) >= 11 is 1.44. The highest BCUT2D eigenvalue weighted by Gasteiger charge is 2.17. The molecule has 21 heavy (non-hydrogen) atoms. The minimum Gasteiger partial charge on any atom is -0.342 e. The predicted molar refractivity (Wildman–Crippen MR) is 86.2 cm³/mol. The molecule has 0 aliphatic carbocycles. The van der Waals surface area contributed by atoms with Crippen molar-refractivity contribution in [2.45, 2.75) is 58.3 Å². The van der Waals surface area contributed by atoms with Gasteiger partial charge < -0.3 is 15.2 Å². The summed E-state index contributed by atoms with van der Waals surface area (Å²) in [5.74, 6) is 1.32. The van der Waals surface area contributed by atoms with Gasteiger partial charge in [-0.25, -0.2) is 0 Å². The van der Waals surface area contributed by atoms with Gasteiger partial charge in [0.25, 0.3) is 0 Å². The normalized spacial score (nSPS) is 11.1. The first-order valence-corrected chi connectivity index (χ1v) is 8.58. The van der Waals surface area contributed by atoms with Crippen LogP contribution in [0.25, 0.3) is 0 Å². The summed E-state index contributed by atoms with van der Waals surface area (Å²) in [6.45, 7) is 10.3. The Labute approximate surface area is 131 Å². The van der Waals surface area contributed by atoms with Gasteiger partial charge in [-0.3, -0.25) is 4.79 Å². The van der Waals surface area contributed by atoms with Crippen LogP contribution in [-0.4, -0.2) is 44.4 Å². The molecule has 0 unspecified atom stereocenters. The summed E-state index contributed by atoms with van der Waals surface area (Å²) < 4.78 is 2.00. The first-order valence-electron chi connectivity index (χ1n) is 7.59. The summed E-state index contributed by atoms with van der Waals surface area (Å²) in [5, 5.41) is 9.02. The molecule has 0 radical (unpaired) electrons. The van der Waals surface area contributed by atoms with Crippen molar-refractivity contribution in [1.82, 2.24) is 19.7 Å². The Kier molecular flexibility index (Phi) is 7.74. The van der Waals surface area contributed by atoms with Crippen molar-refractivity contribution in [1.29, 1.82) is 0 Å². The van der Waals surface area contributed by atoms with Gasteiger partial charge >= 0.3 is 0 Å². The molecule has 7 heteroatoms. The number of hydrogen-bond donors (Lipinski definition) is 1. The van der Waals surface area contributed by atoms with Gasteiger partial charge in [0.1, 0.15) is 5.82 Å². The highest BCUT2D eigenvalue weighted by atomic mass is 32.2. The van der Waals surface area contributed by atoms with E-state index in [0.29, 0.717) is 12.3 Å². The molecule has 0 saturated carbocycles. The summed E-state index contributed by atoms with van der Waals surface area (Å²) in [6.07, 6.45) is 1.96. The molecule has 1 aromatic heterocycles. The lowest BCUT2D eigenvalue weighted by molar-refractivity contribution is -0.128. The molecule has 0 aliphatic rings. The lowest BCUT2D eigenvalue weighted by Crippen LogP contribution is -2.33. The zero-order valence-corrected chi connectivity index (χ0v) is 14.3. The van der Waals surface area contributed by atoms with E-state index in [4.69, 9.17) is 5.73 Å². The molecule has 0 spiro atoms. The number of amides is 1. The minimum absolute atomic E-state index is 0.163. The smallest absolute Gasteiger partial charge is 0.233 e. The van der Waals surface area contributed by atoms with E-state index in [2.05, 4.69) is 37.9 Å². The molecule has 1 heterocycles. The molecule has 0 saturated heterocycles. The SMILES string of the molecule is CCCN(CCC)C(=O)CSc1nnc(CN)n1C(C)C. The Morgan fingerprint density at radius 2 is 1.90 bits per heavy atom. The van der Waals surface area contributed by atoms with Gasteiger partial charge in [-0.15, -0.1) is 10.2 Å². The Morgan fingerprint density at radius 3 is 2.38 bits per heavy atom. The number of nitrogens with two attached hydrogens (primary N) is 1. The zero-order chi connectivity index (χ0) is 15.8. The first kappa shape index (κ1) is 18.0. The van der Waals surface area contributed by atoms with E-state index in [1.807, 2.05) is 9.47 Å². The van der Waals surface area contributed by atoms with Crippen molar-refractivity contribution >= 4 is 17.7 Å². The molecule has 0 atom stereocenters. The van der Waals surface area contributed by atoms with Crippen molar-refractivity contribution in [3.05, 3.63) is 5.82 Å². The maximum absolute atomic E-state index is 12.3. The van der Waals surface area contributed by atoms with E-state index in [9.17, 15) is 4.79 Å². The predicted octanol–water partition coefficient (Wildman–Crippen LogP) is 2.06. The number of aromatic nitrogens is 3. The van der Waals surface area contributed by atoms with Crippen molar-refractivity contribution in [3.63, 3.8) is 0 Å². The fourth-order valence-corrected chi connectivity index (χ4v) is 3.17. The van der Waals surface area contributed by atoms with Crippen molar-refractivity contribution in [2.75, 3.05) is 18.8 Å². The molecule has 6 nitrogen and oxygen atoms in total. The lowest BCUT2D eigenvalue weighted by Gasteiger charge is -2.21. The molecule has 1 rings (SSSR count). The molecule has 0 bridgehead atoms. The lowest BCUT2D eigenvalue weighted by atomic mass is 10.3. The largest absolute Gasteiger partial charge is 0.342 e.